The summed E-state index contributed by atoms with van der Waals surface area (Å²) in [6.07, 6.45) is 1.40. The van der Waals surface area contributed by atoms with Crippen LogP contribution in [0.5, 0.6) is 0 Å². The summed E-state index contributed by atoms with van der Waals surface area (Å²) in [7, 11) is 0. The van der Waals surface area contributed by atoms with Gasteiger partial charge in [-0.05, 0) is 5.92 Å². The summed E-state index contributed by atoms with van der Waals surface area (Å²) in [5, 5.41) is 3.39. The van der Waals surface area contributed by atoms with E-state index in [1.54, 1.807) is 18.3 Å². The number of thioether (sulfide) groups is 1. The molecule has 6 heteroatoms. The van der Waals surface area contributed by atoms with E-state index in [0.29, 0.717) is 18.3 Å². The van der Waals surface area contributed by atoms with E-state index >= 15 is 0 Å². The maximum absolute atomic E-state index is 12.0. The number of likely N-dealkylation sites (tertiary alicyclic amines) is 1. The molecule has 0 aliphatic carbocycles. The number of hydrogen-bond donors (Lipinski definition) is 0. The van der Waals surface area contributed by atoms with Crippen molar-refractivity contribution in [1.82, 2.24) is 9.88 Å². The Morgan fingerprint density at radius 1 is 1.57 bits per heavy atom. The lowest BCUT2D eigenvalue weighted by Gasteiger charge is -2.15. The van der Waals surface area contributed by atoms with Crippen molar-refractivity contribution in [2.75, 3.05) is 18.8 Å². The molecule has 1 saturated heterocycles. The Morgan fingerprint density at radius 2 is 2.33 bits per heavy atom. The van der Waals surface area contributed by atoms with E-state index in [9.17, 15) is 9.59 Å². The molecule has 116 valence electrons. The van der Waals surface area contributed by atoms with E-state index in [0.717, 1.165) is 36.0 Å². The van der Waals surface area contributed by atoms with Gasteiger partial charge in [0, 0.05) is 49.9 Å². The van der Waals surface area contributed by atoms with Gasteiger partial charge in [0.15, 0.2) is 5.12 Å². The quantitative estimate of drug-likeness (QED) is 0.806. The lowest BCUT2D eigenvalue weighted by molar-refractivity contribution is -0.127. The zero-order valence-electron chi connectivity index (χ0n) is 12.8. The molecule has 1 aromatic rings. The second-order valence-corrected chi connectivity index (χ2v) is 7.88. The van der Waals surface area contributed by atoms with Crippen molar-refractivity contribution in [3.63, 3.8) is 0 Å². The Bertz CT molecular complexity index is 514. The fraction of sp³-hybridized carbons (Fsp3) is 0.667. The fourth-order valence-corrected chi connectivity index (χ4v) is 3.93. The smallest absolute Gasteiger partial charge is 0.222 e. The van der Waals surface area contributed by atoms with E-state index in [1.165, 1.54) is 11.8 Å². The minimum absolute atomic E-state index is 0.129. The molecule has 1 aromatic heterocycles. The minimum Gasteiger partial charge on any atom is -0.342 e. The molecule has 0 saturated carbocycles. The van der Waals surface area contributed by atoms with Crippen LogP contribution in [0.2, 0.25) is 0 Å². The third-order valence-corrected chi connectivity index (χ3v) is 5.76. The van der Waals surface area contributed by atoms with Crippen molar-refractivity contribution >= 4 is 34.1 Å². The lowest BCUT2D eigenvalue weighted by Crippen LogP contribution is -2.27. The van der Waals surface area contributed by atoms with Crippen LogP contribution < -0.4 is 0 Å². The van der Waals surface area contributed by atoms with Crippen LogP contribution >= 0.6 is 23.1 Å². The Balaban J connectivity index is 1.80. The average Bonchev–Trinajstić information content (AvgIpc) is 3.01. The standard InChI is InChI=1S/C15H22N2O2S2/c1-10(2)15-16-13(9-21-15)4-5-17-7-12(6-14(17)19)8-20-11(3)18/h9-10,12H,4-8H2,1-3H3. The Labute approximate surface area is 134 Å². The van der Waals surface area contributed by atoms with E-state index in [-0.39, 0.29) is 11.0 Å². The van der Waals surface area contributed by atoms with Gasteiger partial charge in [-0.1, -0.05) is 25.6 Å². The molecule has 21 heavy (non-hydrogen) atoms. The summed E-state index contributed by atoms with van der Waals surface area (Å²) in [5.41, 5.74) is 1.08. The van der Waals surface area contributed by atoms with E-state index in [4.69, 9.17) is 0 Å². The van der Waals surface area contributed by atoms with Gasteiger partial charge in [-0.2, -0.15) is 0 Å². The Morgan fingerprint density at radius 3 is 2.95 bits per heavy atom. The molecule has 2 heterocycles. The van der Waals surface area contributed by atoms with Gasteiger partial charge < -0.3 is 4.90 Å². The van der Waals surface area contributed by atoms with Gasteiger partial charge in [0.2, 0.25) is 5.91 Å². The fourth-order valence-electron chi connectivity index (χ4n) is 2.37. The Kier molecular flexibility index (Phi) is 5.81. The molecule has 1 aliphatic rings. The van der Waals surface area contributed by atoms with Crippen molar-refractivity contribution in [3.8, 4) is 0 Å². The van der Waals surface area contributed by atoms with Gasteiger partial charge in [-0.15, -0.1) is 11.3 Å². The van der Waals surface area contributed by atoms with Crippen molar-refractivity contribution < 1.29 is 9.59 Å². The molecule has 1 fully saturated rings. The van der Waals surface area contributed by atoms with Gasteiger partial charge in [-0.3, -0.25) is 9.59 Å². The van der Waals surface area contributed by atoms with Crippen molar-refractivity contribution in [2.45, 2.75) is 39.5 Å². The predicted molar refractivity (Wildman–Crippen MR) is 87.7 cm³/mol. The molecule has 1 aliphatic heterocycles. The van der Waals surface area contributed by atoms with Crippen LogP contribution in [0.1, 0.15) is 43.8 Å². The summed E-state index contributed by atoms with van der Waals surface area (Å²) in [5.74, 6) is 1.74. The number of aromatic nitrogens is 1. The first-order valence-electron chi connectivity index (χ1n) is 7.31. The summed E-state index contributed by atoms with van der Waals surface area (Å²) in [4.78, 5) is 29.5. The minimum atomic E-state index is 0.129. The van der Waals surface area contributed by atoms with E-state index in [2.05, 4.69) is 24.2 Å². The molecule has 0 N–H and O–H groups in total. The second-order valence-electron chi connectivity index (χ2n) is 5.79. The highest BCUT2D eigenvalue weighted by molar-refractivity contribution is 8.13. The lowest BCUT2D eigenvalue weighted by atomic mass is 10.1. The highest BCUT2D eigenvalue weighted by Gasteiger charge is 2.29. The molecule has 0 aromatic carbocycles. The van der Waals surface area contributed by atoms with Crippen LogP contribution in [0.25, 0.3) is 0 Å². The van der Waals surface area contributed by atoms with Gasteiger partial charge in [-0.25, -0.2) is 4.98 Å². The third-order valence-electron chi connectivity index (χ3n) is 3.52. The van der Waals surface area contributed by atoms with Crippen molar-refractivity contribution in [3.05, 3.63) is 16.1 Å². The molecule has 4 nitrogen and oxygen atoms in total. The molecule has 1 unspecified atom stereocenters. The van der Waals surface area contributed by atoms with Crippen LogP contribution in [0.3, 0.4) is 0 Å². The summed E-state index contributed by atoms with van der Waals surface area (Å²) >= 11 is 3.02. The normalized spacial score (nSPS) is 18.8. The maximum atomic E-state index is 12.0. The molecular weight excluding hydrogens is 304 g/mol. The summed E-state index contributed by atoms with van der Waals surface area (Å²) in [6.45, 7) is 7.38. The van der Waals surface area contributed by atoms with Gasteiger partial charge in [0.1, 0.15) is 0 Å². The van der Waals surface area contributed by atoms with Gasteiger partial charge in [0.05, 0.1) is 10.7 Å². The highest BCUT2D eigenvalue weighted by atomic mass is 32.2. The van der Waals surface area contributed by atoms with Crippen LogP contribution in [0.4, 0.5) is 0 Å². The van der Waals surface area contributed by atoms with Crippen LogP contribution in [-0.4, -0.2) is 39.7 Å². The van der Waals surface area contributed by atoms with Gasteiger partial charge in [0.25, 0.3) is 0 Å². The van der Waals surface area contributed by atoms with Crippen LogP contribution in [0, 0.1) is 5.92 Å². The number of amides is 1. The average molecular weight is 326 g/mol. The molecule has 1 amide bonds. The number of carbonyl (C=O) groups excluding carboxylic acids is 2. The molecule has 0 radical (unpaired) electrons. The monoisotopic (exact) mass is 326 g/mol. The SMILES string of the molecule is CC(=O)SCC1CC(=O)N(CCc2csc(C(C)C)n2)C1. The van der Waals surface area contributed by atoms with E-state index in [1.807, 2.05) is 4.90 Å². The molecule has 0 spiro atoms. The first-order valence-corrected chi connectivity index (χ1v) is 9.17. The zero-order valence-corrected chi connectivity index (χ0v) is 14.4. The number of thiazole rings is 1. The Hall–Kier alpha value is -0.880. The molecular formula is C15H22N2O2S2. The maximum Gasteiger partial charge on any atom is 0.222 e. The summed E-state index contributed by atoms with van der Waals surface area (Å²) < 4.78 is 0. The first-order chi connectivity index (χ1) is 9.95. The second kappa shape index (κ2) is 7.40. The van der Waals surface area contributed by atoms with Crippen LogP contribution in [0.15, 0.2) is 5.38 Å². The number of carbonyl (C=O) groups is 2. The van der Waals surface area contributed by atoms with Crippen molar-refractivity contribution in [1.29, 1.82) is 0 Å². The zero-order chi connectivity index (χ0) is 15.4. The third kappa shape index (κ3) is 4.81. The molecule has 1 atom stereocenters. The highest BCUT2D eigenvalue weighted by Crippen LogP contribution is 2.23. The largest absolute Gasteiger partial charge is 0.342 e. The topological polar surface area (TPSA) is 50.3 Å². The van der Waals surface area contributed by atoms with Gasteiger partial charge >= 0.3 is 0 Å². The van der Waals surface area contributed by atoms with E-state index < -0.39 is 0 Å². The van der Waals surface area contributed by atoms with Crippen molar-refractivity contribution in [2.24, 2.45) is 5.92 Å². The number of rotatable bonds is 6. The summed E-state index contributed by atoms with van der Waals surface area (Å²) in [6, 6.07) is 0. The molecule has 2 rings (SSSR count). The predicted octanol–water partition coefficient (Wildman–Crippen LogP) is 2.94. The number of hydrogen-bond acceptors (Lipinski definition) is 5. The van der Waals surface area contributed by atoms with Crippen LogP contribution in [-0.2, 0) is 16.0 Å². The number of nitrogens with zero attached hydrogens (tertiary/aromatic N) is 2. The molecule has 0 bridgehead atoms. The first kappa shape index (κ1) is 16.5.